The van der Waals surface area contributed by atoms with E-state index < -0.39 is 6.10 Å². The fourth-order valence-electron chi connectivity index (χ4n) is 10.5. The fraction of sp³-hybridized carbons (Fsp3) is 0.912. The summed E-state index contributed by atoms with van der Waals surface area (Å²) in [5.41, 5.74) is 0. The Morgan fingerprint density at radius 3 is 0.808 bits per heavy atom. The number of aliphatic hydroxyl groups is 1. The molecular formula is C68H130O5. The van der Waals surface area contributed by atoms with E-state index in [9.17, 15) is 14.7 Å². The maximum absolute atomic E-state index is 12.3. The van der Waals surface area contributed by atoms with Crippen molar-refractivity contribution in [2.24, 2.45) is 0 Å². The van der Waals surface area contributed by atoms with E-state index >= 15 is 0 Å². The smallest absolute Gasteiger partial charge is 0.306 e. The van der Waals surface area contributed by atoms with Crippen LogP contribution in [0.25, 0.3) is 0 Å². The Morgan fingerprint density at radius 2 is 0.548 bits per heavy atom. The number of rotatable bonds is 63. The standard InChI is InChI=1S/C68H130O5/c1-3-5-7-9-11-13-15-17-19-21-23-24-25-26-27-28-29-30-31-32-33-34-35-36-37-38-39-40-41-42-43-44-45-47-49-51-53-55-57-59-61-63-68(71)73-66(64-69)65-72-67(70)62-60-58-56-54-52-50-48-46-22-20-18-16-14-12-10-8-6-4-2/h15,17,21,23,66,69H,3-14,16,18-20,22,24-65H2,1-2H3/b17-15-,23-21-. The van der Waals surface area contributed by atoms with Gasteiger partial charge in [0, 0.05) is 12.8 Å². The normalized spacial score (nSPS) is 12.2. The second-order valence-electron chi connectivity index (χ2n) is 22.9. The van der Waals surface area contributed by atoms with Crippen molar-refractivity contribution in [1.82, 2.24) is 0 Å². The fourth-order valence-corrected chi connectivity index (χ4v) is 10.5. The van der Waals surface area contributed by atoms with Crippen LogP contribution in [0, 0.1) is 0 Å². The number of carbonyl (C=O) groups excluding carboxylic acids is 2. The molecule has 5 heteroatoms. The SMILES string of the molecule is CCCCCCC/C=C\C/C=C\CCCCCCCCCCCCCCCCCCCCCCCCCCCCCCCC(=O)OC(CO)COC(=O)CCCCCCCCCCCCCCCCCCCC. The zero-order valence-corrected chi connectivity index (χ0v) is 49.7. The third kappa shape index (κ3) is 62.8. The van der Waals surface area contributed by atoms with Gasteiger partial charge in [0.1, 0.15) is 6.61 Å². The van der Waals surface area contributed by atoms with Crippen molar-refractivity contribution in [3.8, 4) is 0 Å². The van der Waals surface area contributed by atoms with E-state index in [1.807, 2.05) is 0 Å². The number of allylic oxidation sites excluding steroid dienone is 4. The van der Waals surface area contributed by atoms with E-state index in [2.05, 4.69) is 38.2 Å². The molecule has 0 bridgehead atoms. The first-order valence-corrected chi connectivity index (χ1v) is 33.4. The molecule has 0 heterocycles. The third-order valence-electron chi connectivity index (χ3n) is 15.5. The largest absolute Gasteiger partial charge is 0.462 e. The summed E-state index contributed by atoms with van der Waals surface area (Å²) in [5, 5.41) is 9.67. The molecule has 0 aliphatic heterocycles. The highest BCUT2D eigenvalue weighted by molar-refractivity contribution is 5.70. The van der Waals surface area contributed by atoms with Crippen LogP contribution in [0.2, 0.25) is 0 Å². The van der Waals surface area contributed by atoms with Gasteiger partial charge in [-0.05, 0) is 44.9 Å². The monoisotopic (exact) mass is 1030 g/mol. The van der Waals surface area contributed by atoms with Crippen LogP contribution in [0.5, 0.6) is 0 Å². The zero-order valence-electron chi connectivity index (χ0n) is 49.7. The predicted molar refractivity (Wildman–Crippen MR) is 321 cm³/mol. The molecule has 0 rings (SSSR count). The number of hydrogen-bond donors (Lipinski definition) is 1. The highest BCUT2D eigenvalue weighted by Gasteiger charge is 2.16. The van der Waals surface area contributed by atoms with Gasteiger partial charge in [0.2, 0.25) is 0 Å². The number of hydrogen-bond acceptors (Lipinski definition) is 5. The number of esters is 2. The molecule has 73 heavy (non-hydrogen) atoms. The lowest BCUT2D eigenvalue weighted by atomic mass is 10.0. The summed E-state index contributed by atoms with van der Waals surface area (Å²) < 4.78 is 10.7. The van der Waals surface area contributed by atoms with Crippen molar-refractivity contribution in [2.75, 3.05) is 13.2 Å². The minimum absolute atomic E-state index is 0.0571. The van der Waals surface area contributed by atoms with Crippen LogP contribution in [-0.4, -0.2) is 36.4 Å². The van der Waals surface area contributed by atoms with Crippen LogP contribution < -0.4 is 0 Å². The lowest BCUT2D eigenvalue weighted by Crippen LogP contribution is -2.28. The molecule has 1 N–H and O–H groups in total. The first kappa shape index (κ1) is 71.4. The van der Waals surface area contributed by atoms with Gasteiger partial charge in [-0.1, -0.05) is 346 Å². The van der Waals surface area contributed by atoms with E-state index in [1.165, 1.54) is 315 Å². The summed E-state index contributed by atoms with van der Waals surface area (Å²) in [6.45, 7) is 4.19. The first-order chi connectivity index (χ1) is 36.1. The Kier molecular flexibility index (Phi) is 63.2. The number of ether oxygens (including phenoxy) is 2. The van der Waals surface area contributed by atoms with Crippen LogP contribution in [0.4, 0.5) is 0 Å². The lowest BCUT2D eigenvalue weighted by Gasteiger charge is -2.15. The summed E-state index contributed by atoms with van der Waals surface area (Å²) in [6, 6.07) is 0. The summed E-state index contributed by atoms with van der Waals surface area (Å²) in [6.07, 6.45) is 83.6. The zero-order chi connectivity index (χ0) is 52.7. The molecule has 0 aliphatic rings. The number of carbonyl (C=O) groups is 2. The molecule has 0 aromatic heterocycles. The maximum Gasteiger partial charge on any atom is 0.306 e. The van der Waals surface area contributed by atoms with Gasteiger partial charge < -0.3 is 14.6 Å². The van der Waals surface area contributed by atoms with E-state index in [-0.39, 0.29) is 25.2 Å². The van der Waals surface area contributed by atoms with Crippen LogP contribution in [0.1, 0.15) is 380 Å². The molecule has 0 aliphatic carbocycles. The van der Waals surface area contributed by atoms with E-state index in [0.29, 0.717) is 12.8 Å². The van der Waals surface area contributed by atoms with Gasteiger partial charge in [0.25, 0.3) is 0 Å². The Hall–Kier alpha value is -1.62. The molecule has 0 radical (unpaired) electrons. The van der Waals surface area contributed by atoms with Gasteiger partial charge >= 0.3 is 11.9 Å². The van der Waals surface area contributed by atoms with Crippen molar-refractivity contribution in [1.29, 1.82) is 0 Å². The highest BCUT2D eigenvalue weighted by atomic mass is 16.6. The molecule has 0 saturated heterocycles. The Bertz CT molecular complexity index is 1120. The molecule has 0 saturated carbocycles. The van der Waals surface area contributed by atoms with Gasteiger partial charge in [-0.25, -0.2) is 0 Å². The van der Waals surface area contributed by atoms with Crippen molar-refractivity contribution in [2.45, 2.75) is 386 Å². The molecule has 0 fully saturated rings. The highest BCUT2D eigenvalue weighted by Crippen LogP contribution is 2.19. The predicted octanol–water partition coefficient (Wildman–Crippen LogP) is 22.8. The molecule has 1 atom stereocenters. The van der Waals surface area contributed by atoms with Gasteiger partial charge in [-0.2, -0.15) is 0 Å². The van der Waals surface area contributed by atoms with Gasteiger partial charge in [-0.15, -0.1) is 0 Å². The summed E-state index contributed by atoms with van der Waals surface area (Å²) in [5.74, 6) is -0.564. The van der Waals surface area contributed by atoms with Gasteiger partial charge in [-0.3, -0.25) is 9.59 Å². The molecule has 1 unspecified atom stereocenters. The Balaban J connectivity index is 3.34. The van der Waals surface area contributed by atoms with Crippen molar-refractivity contribution in [3.05, 3.63) is 24.3 Å². The van der Waals surface area contributed by atoms with Crippen molar-refractivity contribution < 1.29 is 24.2 Å². The molecule has 5 nitrogen and oxygen atoms in total. The molecule has 0 aromatic rings. The maximum atomic E-state index is 12.3. The molecule has 0 amide bonds. The minimum atomic E-state index is -0.766. The third-order valence-corrected chi connectivity index (χ3v) is 15.5. The molecule has 0 aromatic carbocycles. The van der Waals surface area contributed by atoms with Crippen LogP contribution in [-0.2, 0) is 19.1 Å². The van der Waals surface area contributed by atoms with Crippen molar-refractivity contribution in [3.63, 3.8) is 0 Å². The average molecular weight is 1030 g/mol. The summed E-state index contributed by atoms with van der Waals surface area (Å²) >= 11 is 0. The van der Waals surface area contributed by atoms with Gasteiger partial charge in [0.05, 0.1) is 6.61 Å². The molecule has 0 spiro atoms. The number of aliphatic hydroxyl groups excluding tert-OH is 1. The van der Waals surface area contributed by atoms with Crippen LogP contribution in [0.3, 0.4) is 0 Å². The van der Waals surface area contributed by atoms with Gasteiger partial charge in [0.15, 0.2) is 6.10 Å². The van der Waals surface area contributed by atoms with Crippen molar-refractivity contribution >= 4 is 11.9 Å². The second kappa shape index (κ2) is 64.7. The van der Waals surface area contributed by atoms with Crippen LogP contribution >= 0.6 is 0 Å². The lowest BCUT2D eigenvalue weighted by molar-refractivity contribution is -0.161. The minimum Gasteiger partial charge on any atom is -0.462 e. The van der Waals surface area contributed by atoms with E-state index in [1.54, 1.807) is 0 Å². The Morgan fingerprint density at radius 1 is 0.315 bits per heavy atom. The average Bonchev–Trinajstić information content (AvgIpc) is 3.39. The first-order valence-electron chi connectivity index (χ1n) is 33.4. The molecular weight excluding hydrogens is 897 g/mol. The summed E-state index contributed by atoms with van der Waals surface area (Å²) in [7, 11) is 0. The van der Waals surface area contributed by atoms with E-state index in [4.69, 9.17) is 9.47 Å². The second-order valence-corrected chi connectivity index (χ2v) is 22.9. The van der Waals surface area contributed by atoms with Crippen LogP contribution in [0.15, 0.2) is 24.3 Å². The quantitative estimate of drug-likeness (QED) is 0.0373. The topological polar surface area (TPSA) is 72.8 Å². The summed E-state index contributed by atoms with van der Waals surface area (Å²) in [4.78, 5) is 24.6. The molecule has 432 valence electrons. The van der Waals surface area contributed by atoms with E-state index in [0.717, 1.165) is 38.5 Å². The Labute approximate surface area is 457 Å². The number of unbranched alkanes of at least 4 members (excludes halogenated alkanes) is 51.